The van der Waals surface area contributed by atoms with E-state index in [2.05, 4.69) is 24.5 Å². The first kappa shape index (κ1) is 18.3. The number of nitrogens with one attached hydrogen (secondary N) is 2. The molecule has 124 valence electrons. The molecule has 0 aliphatic heterocycles. The maximum absolute atomic E-state index is 11.8. The number of carbonyl (C=O) groups is 1. The molecule has 1 aromatic carbocycles. The van der Waals surface area contributed by atoms with Crippen LogP contribution in [-0.2, 0) is 0 Å². The highest BCUT2D eigenvalue weighted by Crippen LogP contribution is 2.18. The van der Waals surface area contributed by atoms with Crippen LogP contribution in [0.1, 0.15) is 45.7 Å². The zero-order chi connectivity index (χ0) is 16.5. The van der Waals surface area contributed by atoms with Gasteiger partial charge in [-0.3, -0.25) is 0 Å². The Morgan fingerprint density at radius 2 is 1.77 bits per heavy atom. The van der Waals surface area contributed by atoms with E-state index in [0.717, 1.165) is 11.3 Å². The highest BCUT2D eigenvalue weighted by atomic mass is 16.5. The van der Waals surface area contributed by atoms with Crippen molar-refractivity contribution in [3.8, 4) is 5.75 Å². The SMILES string of the molecule is CC(C)COc1ccc(C(C)NC(=O)N[C@H](C)CCO)cc1. The topological polar surface area (TPSA) is 70.6 Å². The second kappa shape index (κ2) is 9.30. The number of carbonyl (C=O) groups excluding carboxylic acids is 1. The van der Waals surface area contributed by atoms with Crippen LogP contribution in [0.5, 0.6) is 5.75 Å². The van der Waals surface area contributed by atoms with Crippen LogP contribution in [0.25, 0.3) is 0 Å². The fourth-order valence-corrected chi connectivity index (χ4v) is 1.93. The summed E-state index contributed by atoms with van der Waals surface area (Å²) < 4.78 is 5.64. The minimum absolute atomic E-state index is 0.0518. The van der Waals surface area contributed by atoms with Gasteiger partial charge in [0.05, 0.1) is 12.6 Å². The van der Waals surface area contributed by atoms with Gasteiger partial charge < -0.3 is 20.5 Å². The Hall–Kier alpha value is -1.75. The molecule has 0 radical (unpaired) electrons. The van der Waals surface area contributed by atoms with Crippen LogP contribution in [0.15, 0.2) is 24.3 Å². The van der Waals surface area contributed by atoms with Crippen molar-refractivity contribution in [3.05, 3.63) is 29.8 Å². The molecule has 0 aromatic heterocycles. The number of benzene rings is 1. The molecule has 5 heteroatoms. The van der Waals surface area contributed by atoms with Crippen molar-refractivity contribution in [3.63, 3.8) is 0 Å². The van der Waals surface area contributed by atoms with E-state index >= 15 is 0 Å². The van der Waals surface area contributed by atoms with E-state index in [4.69, 9.17) is 9.84 Å². The van der Waals surface area contributed by atoms with E-state index in [1.165, 1.54) is 0 Å². The molecule has 22 heavy (non-hydrogen) atoms. The molecule has 0 saturated carbocycles. The van der Waals surface area contributed by atoms with Gasteiger partial charge in [0.15, 0.2) is 0 Å². The molecule has 1 aromatic rings. The Morgan fingerprint density at radius 3 is 2.32 bits per heavy atom. The Morgan fingerprint density at radius 1 is 1.14 bits per heavy atom. The van der Waals surface area contributed by atoms with Crippen molar-refractivity contribution in [1.29, 1.82) is 0 Å². The molecule has 2 atom stereocenters. The Labute approximate surface area is 133 Å². The summed E-state index contributed by atoms with van der Waals surface area (Å²) in [7, 11) is 0. The molecule has 0 spiro atoms. The van der Waals surface area contributed by atoms with Gasteiger partial charge in [-0.25, -0.2) is 4.79 Å². The number of hydrogen-bond donors (Lipinski definition) is 3. The first-order chi connectivity index (χ1) is 10.4. The van der Waals surface area contributed by atoms with Gasteiger partial charge in [-0.2, -0.15) is 0 Å². The van der Waals surface area contributed by atoms with Crippen molar-refractivity contribution in [2.75, 3.05) is 13.2 Å². The van der Waals surface area contributed by atoms with Crippen LogP contribution in [0.2, 0.25) is 0 Å². The van der Waals surface area contributed by atoms with Crippen LogP contribution < -0.4 is 15.4 Å². The Balaban J connectivity index is 2.48. The van der Waals surface area contributed by atoms with E-state index in [-0.39, 0.29) is 24.7 Å². The summed E-state index contributed by atoms with van der Waals surface area (Å²) in [4.78, 5) is 11.8. The lowest BCUT2D eigenvalue weighted by atomic mass is 10.1. The summed E-state index contributed by atoms with van der Waals surface area (Å²) in [5, 5.41) is 14.5. The number of amides is 2. The average Bonchev–Trinajstić information content (AvgIpc) is 2.45. The van der Waals surface area contributed by atoms with Gasteiger partial charge in [0.2, 0.25) is 0 Å². The molecule has 5 nitrogen and oxygen atoms in total. The van der Waals surface area contributed by atoms with Gasteiger partial charge in [0.1, 0.15) is 5.75 Å². The fourth-order valence-electron chi connectivity index (χ4n) is 1.93. The number of aliphatic hydroxyl groups is 1. The molecule has 1 unspecified atom stereocenters. The van der Waals surface area contributed by atoms with Crippen molar-refractivity contribution < 1.29 is 14.6 Å². The zero-order valence-electron chi connectivity index (χ0n) is 13.9. The van der Waals surface area contributed by atoms with Crippen molar-refractivity contribution in [2.24, 2.45) is 5.92 Å². The highest BCUT2D eigenvalue weighted by molar-refractivity contribution is 5.74. The smallest absolute Gasteiger partial charge is 0.315 e. The summed E-state index contributed by atoms with van der Waals surface area (Å²) >= 11 is 0. The predicted octanol–water partition coefficient (Wildman–Crippen LogP) is 2.85. The van der Waals surface area contributed by atoms with Crippen molar-refractivity contribution in [2.45, 2.75) is 46.2 Å². The standard InChI is InChI=1S/C17H28N2O3/c1-12(2)11-22-16-7-5-15(6-8-16)14(4)19-17(21)18-13(3)9-10-20/h5-8,12-14,20H,9-11H2,1-4H3,(H2,18,19,21)/t13-,14?/m1/s1. The molecule has 0 bridgehead atoms. The summed E-state index contributed by atoms with van der Waals surface area (Å²) in [5.74, 6) is 1.33. The van der Waals surface area contributed by atoms with Crippen LogP contribution in [0.4, 0.5) is 4.79 Å². The minimum atomic E-state index is -0.228. The minimum Gasteiger partial charge on any atom is -0.493 e. The molecule has 0 saturated heterocycles. The summed E-state index contributed by atoms with van der Waals surface area (Å²) in [5.41, 5.74) is 1.02. The second-order valence-corrected chi connectivity index (χ2v) is 6.03. The van der Waals surface area contributed by atoms with Gasteiger partial charge in [-0.15, -0.1) is 0 Å². The lowest BCUT2D eigenvalue weighted by Crippen LogP contribution is -2.42. The van der Waals surface area contributed by atoms with Crippen molar-refractivity contribution >= 4 is 6.03 Å². The third-order valence-corrected chi connectivity index (χ3v) is 3.25. The number of rotatable bonds is 8. The first-order valence-electron chi connectivity index (χ1n) is 7.83. The normalized spacial score (nSPS) is 13.5. The summed E-state index contributed by atoms with van der Waals surface area (Å²) in [6.45, 7) is 8.77. The van der Waals surface area contributed by atoms with Gasteiger partial charge in [0, 0.05) is 12.6 Å². The molecule has 0 aliphatic carbocycles. The fraction of sp³-hybridized carbons (Fsp3) is 0.588. The van der Waals surface area contributed by atoms with Crippen LogP contribution in [-0.4, -0.2) is 30.4 Å². The predicted molar refractivity (Wildman–Crippen MR) is 88.0 cm³/mol. The average molecular weight is 308 g/mol. The van der Waals surface area contributed by atoms with E-state index in [9.17, 15) is 4.79 Å². The maximum Gasteiger partial charge on any atom is 0.315 e. The molecule has 1 rings (SSSR count). The molecule has 2 amide bonds. The van der Waals surface area contributed by atoms with Gasteiger partial charge >= 0.3 is 6.03 Å². The summed E-state index contributed by atoms with van der Waals surface area (Å²) in [6.07, 6.45) is 0.545. The van der Waals surface area contributed by atoms with Gasteiger partial charge in [0.25, 0.3) is 0 Å². The molecule has 0 aliphatic rings. The molecular weight excluding hydrogens is 280 g/mol. The van der Waals surface area contributed by atoms with Crippen LogP contribution in [0, 0.1) is 5.92 Å². The first-order valence-corrected chi connectivity index (χ1v) is 7.83. The second-order valence-electron chi connectivity index (χ2n) is 6.03. The maximum atomic E-state index is 11.8. The Kier molecular flexibility index (Phi) is 7.74. The number of urea groups is 1. The number of hydrogen-bond acceptors (Lipinski definition) is 3. The largest absolute Gasteiger partial charge is 0.493 e. The zero-order valence-corrected chi connectivity index (χ0v) is 13.9. The van der Waals surface area contributed by atoms with E-state index in [1.54, 1.807) is 0 Å². The van der Waals surface area contributed by atoms with Crippen molar-refractivity contribution in [1.82, 2.24) is 10.6 Å². The van der Waals surface area contributed by atoms with Gasteiger partial charge in [-0.05, 0) is 43.9 Å². The highest BCUT2D eigenvalue weighted by Gasteiger charge is 2.11. The third-order valence-electron chi connectivity index (χ3n) is 3.25. The number of aliphatic hydroxyl groups excluding tert-OH is 1. The number of ether oxygens (including phenoxy) is 1. The lowest BCUT2D eigenvalue weighted by Gasteiger charge is -2.18. The third kappa shape index (κ3) is 6.80. The van der Waals surface area contributed by atoms with E-state index in [0.29, 0.717) is 18.9 Å². The molecule has 0 heterocycles. The quantitative estimate of drug-likeness (QED) is 0.691. The molecular formula is C17H28N2O3. The summed E-state index contributed by atoms with van der Waals surface area (Å²) in [6, 6.07) is 7.37. The monoisotopic (exact) mass is 308 g/mol. The Bertz CT molecular complexity index is 446. The molecule has 0 fully saturated rings. The van der Waals surface area contributed by atoms with Crippen LogP contribution >= 0.6 is 0 Å². The van der Waals surface area contributed by atoms with E-state index < -0.39 is 0 Å². The lowest BCUT2D eigenvalue weighted by molar-refractivity contribution is 0.228. The van der Waals surface area contributed by atoms with E-state index in [1.807, 2.05) is 38.1 Å². The molecule has 3 N–H and O–H groups in total. The van der Waals surface area contributed by atoms with Gasteiger partial charge in [-0.1, -0.05) is 26.0 Å². The van der Waals surface area contributed by atoms with Crippen LogP contribution in [0.3, 0.4) is 0 Å².